The Kier molecular flexibility index (Phi) is 2.14. The third-order valence-electron chi connectivity index (χ3n) is 2.15. The maximum Gasteiger partial charge on any atom is 0.395 e. The van der Waals surface area contributed by atoms with Gasteiger partial charge in [-0.15, -0.1) is 11.3 Å². The topological polar surface area (TPSA) is 12.9 Å². The molecule has 0 saturated carbocycles. The molecule has 0 N–H and O–H groups in total. The first-order valence-corrected chi connectivity index (χ1v) is 4.99. The first kappa shape index (κ1) is 9.71. The monoisotopic (exact) mass is 219 g/mol. The predicted molar refractivity (Wildman–Crippen MR) is 49.1 cm³/mol. The van der Waals surface area contributed by atoms with Crippen molar-refractivity contribution in [2.24, 2.45) is 5.92 Å². The average molecular weight is 219 g/mol. The van der Waals surface area contributed by atoms with Gasteiger partial charge < -0.3 is 0 Å². The molecule has 0 bridgehead atoms. The Morgan fingerprint density at radius 3 is 2.86 bits per heavy atom. The number of aromatic nitrogens is 1. The largest absolute Gasteiger partial charge is 0.395 e. The lowest BCUT2D eigenvalue weighted by atomic mass is 9.97. The van der Waals surface area contributed by atoms with Gasteiger partial charge in [-0.3, -0.25) is 0 Å². The molecule has 0 fully saturated rings. The summed E-state index contributed by atoms with van der Waals surface area (Å²) in [6, 6.07) is 0. The number of rotatable bonds is 0. The van der Waals surface area contributed by atoms with Crippen LogP contribution in [0.5, 0.6) is 0 Å². The summed E-state index contributed by atoms with van der Waals surface area (Å²) in [7, 11) is 0. The third-order valence-corrected chi connectivity index (χ3v) is 3.16. The van der Waals surface area contributed by atoms with Crippen LogP contribution >= 0.6 is 11.3 Å². The van der Waals surface area contributed by atoms with E-state index in [4.69, 9.17) is 0 Å². The molecule has 1 nitrogen and oxygen atoms in total. The number of thiazole rings is 1. The second kappa shape index (κ2) is 3.08. The van der Waals surface area contributed by atoms with Crippen molar-refractivity contribution in [3.05, 3.63) is 21.7 Å². The molecule has 0 radical (unpaired) electrons. The third kappa shape index (κ3) is 1.68. The SMILES string of the molecule is Cc1nc2c(s1)CC(C(F)(F)F)C=C2. The summed E-state index contributed by atoms with van der Waals surface area (Å²) < 4.78 is 37.1. The normalized spacial score (nSPS) is 21.0. The van der Waals surface area contributed by atoms with Crippen molar-refractivity contribution in [2.75, 3.05) is 0 Å². The summed E-state index contributed by atoms with van der Waals surface area (Å²) >= 11 is 1.35. The van der Waals surface area contributed by atoms with E-state index >= 15 is 0 Å². The number of halogens is 3. The zero-order valence-corrected chi connectivity index (χ0v) is 8.25. The zero-order valence-electron chi connectivity index (χ0n) is 7.43. The highest BCUT2D eigenvalue weighted by molar-refractivity contribution is 7.11. The van der Waals surface area contributed by atoms with Gasteiger partial charge in [-0.2, -0.15) is 13.2 Å². The molecular weight excluding hydrogens is 211 g/mol. The molecule has 1 aliphatic carbocycles. The lowest BCUT2D eigenvalue weighted by Gasteiger charge is -2.18. The van der Waals surface area contributed by atoms with Gasteiger partial charge >= 0.3 is 6.18 Å². The minimum atomic E-state index is -4.13. The number of aryl methyl sites for hydroxylation is 1. The summed E-state index contributed by atoms with van der Waals surface area (Å²) in [6.45, 7) is 1.80. The van der Waals surface area contributed by atoms with Crippen LogP contribution in [0, 0.1) is 12.8 Å². The molecule has 76 valence electrons. The van der Waals surface area contributed by atoms with Crippen molar-refractivity contribution in [2.45, 2.75) is 19.5 Å². The zero-order chi connectivity index (χ0) is 10.3. The summed E-state index contributed by atoms with van der Waals surface area (Å²) in [6.07, 6.45) is -1.42. The van der Waals surface area contributed by atoms with Gasteiger partial charge in [-0.25, -0.2) is 4.98 Å². The van der Waals surface area contributed by atoms with E-state index in [0.717, 1.165) is 9.88 Å². The number of alkyl halides is 3. The average Bonchev–Trinajstić information content (AvgIpc) is 2.41. The van der Waals surface area contributed by atoms with Gasteiger partial charge in [-0.05, 0) is 19.4 Å². The first-order valence-electron chi connectivity index (χ1n) is 4.18. The molecule has 1 heterocycles. The van der Waals surface area contributed by atoms with Crippen molar-refractivity contribution < 1.29 is 13.2 Å². The predicted octanol–water partition coefficient (Wildman–Crippen LogP) is 3.20. The number of allylic oxidation sites excluding steroid dienone is 1. The maximum absolute atomic E-state index is 12.4. The number of nitrogens with zero attached hydrogens (tertiary/aromatic N) is 1. The summed E-state index contributed by atoms with van der Waals surface area (Å²) in [5.41, 5.74) is 0.702. The molecule has 1 aromatic rings. The summed E-state index contributed by atoms with van der Waals surface area (Å²) in [5, 5.41) is 0.822. The minimum absolute atomic E-state index is 0.0425. The van der Waals surface area contributed by atoms with Crippen molar-refractivity contribution >= 4 is 17.4 Å². The lowest BCUT2D eigenvalue weighted by Crippen LogP contribution is -2.24. The summed E-state index contributed by atoms with van der Waals surface area (Å²) in [5.74, 6) is -1.34. The Bertz CT molecular complexity index is 378. The van der Waals surface area contributed by atoms with Gasteiger partial charge in [0.15, 0.2) is 0 Å². The Balaban J connectivity index is 2.29. The van der Waals surface area contributed by atoms with Crippen LogP contribution in [0.15, 0.2) is 6.08 Å². The van der Waals surface area contributed by atoms with E-state index in [-0.39, 0.29) is 6.42 Å². The molecule has 0 saturated heterocycles. The number of hydrogen-bond acceptors (Lipinski definition) is 2. The Morgan fingerprint density at radius 1 is 1.50 bits per heavy atom. The molecule has 1 aromatic heterocycles. The van der Waals surface area contributed by atoms with E-state index in [2.05, 4.69) is 4.98 Å². The highest BCUT2D eigenvalue weighted by atomic mass is 32.1. The molecule has 0 aliphatic heterocycles. The molecular formula is C9H8F3NS. The number of hydrogen-bond donors (Lipinski definition) is 0. The molecule has 2 rings (SSSR count). The van der Waals surface area contributed by atoms with Crippen LogP contribution in [0.1, 0.15) is 15.6 Å². The van der Waals surface area contributed by atoms with Gasteiger partial charge in [0.1, 0.15) is 0 Å². The van der Waals surface area contributed by atoms with Gasteiger partial charge in [0.2, 0.25) is 0 Å². The standard InChI is InChI=1S/C9H8F3NS/c1-5-13-7-3-2-6(9(10,11)12)4-8(7)14-5/h2-3,6H,4H2,1H3. The smallest absolute Gasteiger partial charge is 0.242 e. The quantitative estimate of drug-likeness (QED) is 0.653. The van der Waals surface area contributed by atoms with E-state index in [1.54, 1.807) is 6.92 Å². The molecule has 1 atom stereocenters. The van der Waals surface area contributed by atoms with Gasteiger partial charge in [0.25, 0.3) is 0 Å². The van der Waals surface area contributed by atoms with Crippen molar-refractivity contribution in [1.29, 1.82) is 0 Å². The molecule has 0 aromatic carbocycles. The second-order valence-corrected chi connectivity index (χ2v) is 4.54. The van der Waals surface area contributed by atoms with E-state index in [1.165, 1.54) is 23.5 Å². The molecule has 0 spiro atoms. The van der Waals surface area contributed by atoms with Crippen LogP contribution < -0.4 is 0 Å². The van der Waals surface area contributed by atoms with Gasteiger partial charge in [0.05, 0.1) is 16.6 Å². The fourth-order valence-corrected chi connectivity index (χ4v) is 2.44. The highest BCUT2D eigenvalue weighted by Crippen LogP contribution is 2.36. The Hall–Kier alpha value is -0.840. The maximum atomic E-state index is 12.4. The van der Waals surface area contributed by atoms with Crippen molar-refractivity contribution in [3.8, 4) is 0 Å². The molecule has 14 heavy (non-hydrogen) atoms. The van der Waals surface area contributed by atoms with Gasteiger partial charge in [0, 0.05) is 4.88 Å². The highest BCUT2D eigenvalue weighted by Gasteiger charge is 2.39. The van der Waals surface area contributed by atoms with Crippen LogP contribution in [0.4, 0.5) is 13.2 Å². The van der Waals surface area contributed by atoms with E-state index in [1.807, 2.05) is 0 Å². The van der Waals surface area contributed by atoms with Crippen LogP contribution in [0.3, 0.4) is 0 Å². The van der Waals surface area contributed by atoms with Crippen LogP contribution in [0.2, 0.25) is 0 Å². The lowest BCUT2D eigenvalue weighted by molar-refractivity contribution is -0.160. The molecule has 5 heteroatoms. The van der Waals surface area contributed by atoms with Crippen molar-refractivity contribution in [1.82, 2.24) is 4.98 Å². The molecule has 0 amide bonds. The van der Waals surface area contributed by atoms with Crippen molar-refractivity contribution in [3.63, 3.8) is 0 Å². The van der Waals surface area contributed by atoms with Crippen LogP contribution in [0.25, 0.3) is 6.08 Å². The fourth-order valence-electron chi connectivity index (χ4n) is 1.46. The van der Waals surface area contributed by atoms with Gasteiger partial charge in [-0.1, -0.05) is 6.08 Å². The van der Waals surface area contributed by atoms with E-state index < -0.39 is 12.1 Å². The Labute approximate surface area is 83.3 Å². The van der Waals surface area contributed by atoms with Crippen LogP contribution in [-0.2, 0) is 6.42 Å². The first-order chi connectivity index (χ1) is 6.47. The van der Waals surface area contributed by atoms with E-state index in [0.29, 0.717) is 5.69 Å². The second-order valence-electron chi connectivity index (χ2n) is 3.25. The summed E-state index contributed by atoms with van der Waals surface area (Å²) in [4.78, 5) is 4.87. The number of fused-ring (bicyclic) bond motifs is 1. The van der Waals surface area contributed by atoms with Crippen LogP contribution in [-0.4, -0.2) is 11.2 Å². The van der Waals surface area contributed by atoms with E-state index in [9.17, 15) is 13.2 Å². The Morgan fingerprint density at radius 2 is 2.21 bits per heavy atom. The molecule has 1 unspecified atom stereocenters. The fraction of sp³-hybridized carbons (Fsp3) is 0.444. The minimum Gasteiger partial charge on any atom is -0.242 e. The molecule has 1 aliphatic rings.